The van der Waals surface area contributed by atoms with E-state index in [0.29, 0.717) is 0 Å². The average Bonchev–Trinajstić information content (AvgIpc) is 2.74. The quantitative estimate of drug-likeness (QED) is 0.490. The third-order valence-electron chi connectivity index (χ3n) is 3.28. The fraction of sp³-hybridized carbons (Fsp3) is 0.133. The molecule has 0 amide bonds. The zero-order valence-corrected chi connectivity index (χ0v) is 15.3. The van der Waals surface area contributed by atoms with Gasteiger partial charge in [0.1, 0.15) is 0 Å². The number of anilines is 2. The first-order valence-electron chi connectivity index (χ1n) is 5.80. The second kappa shape index (κ2) is 7.97. The van der Waals surface area contributed by atoms with Gasteiger partial charge in [-0.1, -0.05) is 36.4 Å². The zero-order valence-electron chi connectivity index (χ0n) is 11.3. The van der Waals surface area contributed by atoms with E-state index in [4.69, 9.17) is 0 Å². The predicted octanol–water partition coefficient (Wildman–Crippen LogP) is -2.20. The molecule has 0 saturated heterocycles. The molecule has 0 atom stereocenters. The van der Waals surface area contributed by atoms with Crippen LogP contribution in [0.25, 0.3) is 21.5 Å². The minimum absolute atomic E-state index is 0. The van der Waals surface area contributed by atoms with Crippen LogP contribution in [-0.2, 0) is 26.2 Å². The Bertz CT molecular complexity index is 636. The molecule has 3 rings (SSSR count). The van der Waals surface area contributed by atoms with Gasteiger partial charge in [-0.2, -0.15) is 0 Å². The summed E-state index contributed by atoms with van der Waals surface area (Å²) in [7, 11) is 3.89. The molecule has 3 aromatic rings. The third-order valence-corrected chi connectivity index (χ3v) is 3.28. The molecule has 0 spiro atoms. The van der Waals surface area contributed by atoms with Gasteiger partial charge in [0.2, 0.25) is 0 Å². The summed E-state index contributed by atoms with van der Waals surface area (Å²) >= 11 is 0. The van der Waals surface area contributed by atoms with Crippen molar-refractivity contribution < 1.29 is 51.0 Å². The van der Waals surface area contributed by atoms with Crippen LogP contribution in [0, 0.1) is 0 Å². The van der Waals surface area contributed by atoms with Gasteiger partial charge in [-0.15, -0.1) is 27.6 Å². The van der Waals surface area contributed by atoms with Crippen molar-refractivity contribution in [1.82, 2.24) is 0 Å². The van der Waals surface area contributed by atoms with Gasteiger partial charge >= 0.3 is 26.2 Å². The van der Waals surface area contributed by atoms with Crippen molar-refractivity contribution in [1.29, 1.82) is 0 Å². The van der Waals surface area contributed by atoms with Crippen LogP contribution in [0.4, 0.5) is 11.4 Å². The van der Waals surface area contributed by atoms with Crippen LogP contribution < -0.4 is 35.4 Å². The predicted molar refractivity (Wildman–Crippen MR) is 76.1 cm³/mol. The molecule has 103 valence electrons. The third kappa shape index (κ3) is 3.33. The van der Waals surface area contributed by atoms with Gasteiger partial charge in [0.05, 0.1) is 0 Å². The van der Waals surface area contributed by atoms with Crippen molar-refractivity contribution in [2.75, 3.05) is 24.7 Å². The van der Waals surface area contributed by atoms with Crippen LogP contribution in [0.1, 0.15) is 0 Å². The van der Waals surface area contributed by atoms with Crippen molar-refractivity contribution >= 4 is 32.9 Å². The summed E-state index contributed by atoms with van der Waals surface area (Å²) in [6.45, 7) is 0. The molecule has 20 heavy (non-hydrogen) atoms. The van der Waals surface area contributed by atoms with E-state index in [1.165, 1.54) is 21.5 Å². The SMILES string of the molecule is CNc1ccc2c(c1)[cH-]c1cc(NC)ccc12.[Cl-].[Cl-].[Zr+3]. The van der Waals surface area contributed by atoms with Crippen molar-refractivity contribution in [3.63, 3.8) is 0 Å². The number of nitrogens with one attached hydrogen (secondary N) is 2. The number of hydrogen-bond donors (Lipinski definition) is 2. The maximum Gasteiger partial charge on any atom is 3.00 e. The number of benzene rings is 2. The molecule has 0 aliphatic rings. The van der Waals surface area contributed by atoms with Crippen molar-refractivity contribution in [3.8, 4) is 0 Å². The fourth-order valence-electron chi connectivity index (χ4n) is 2.33. The number of halogens is 2. The van der Waals surface area contributed by atoms with Crippen LogP contribution in [-0.4, -0.2) is 14.1 Å². The fourth-order valence-corrected chi connectivity index (χ4v) is 2.33. The van der Waals surface area contributed by atoms with Crippen LogP contribution in [0.2, 0.25) is 0 Å². The Balaban J connectivity index is 0.00000120. The van der Waals surface area contributed by atoms with Crippen LogP contribution in [0.3, 0.4) is 0 Å². The van der Waals surface area contributed by atoms with Crippen LogP contribution in [0.5, 0.6) is 0 Å². The van der Waals surface area contributed by atoms with Gasteiger partial charge in [-0.3, -0.25) is 0 Å². The molecule has 0 saturated carbocycles. The Morgan fingerprint density at radius 1 is 0.750 bits per heavy atom. The molecule has 1 radical (unpaired) electrons. The van der Waals surface area contributed by atoms with Gasteiger partial charge in [0.25, 0.3) is 0 Å². The van der Waals surface area contributed by atoms with E-state index >= 15 is 0 Å². The Morgan fingerprint density at radius 3 is 1.50 bits per heavy atom. The Kier molecular flexibility index (Phi) is 7.72. The zero-order chi connectivity index (χ0) is 11.8. The van der Waals surface area contributed by atoms with E-state index in [0.717, 1.165) is 11.4 Å². The van der Waals surface area contributed by atoms with E-state index in [9.17, 15) is 0 Å². The Hall–Kier alpha value is -0.627. The molecule has 0 unspecified atom stereocenters. The molecular formula is C15H15Cl2N2Zr. The smallest absolute Gasteiger partial charge is 1.00 e. The second-order valence-electron chi connectivity index (χ2n) is 4.25. The Labute approximate surface area is 150 Å². The molecule has 0 aliphatic carbocycles. The summed E-state index contributed by atoms with van der Waals surface area (Å²) < 4.78 is 0. The number of rotatable bonds is 2. The molecule has 0 heterocycles. The first-order chi connectivity index (χ1) is 8.31. The number of fused-ring (bicyclic) bond motifs is 3. The van der Waals surface area contributed by atoms with E-state index < -0.39 is 0 Å². The molecule has 0 aliphatic heterocycles. The molecule has 0 aromatic heterocycles. The topological polar surface area (TPSA) is 24.1 Å². The number of hydrogen-bond acceptors (Lipinski definition) is 2. The van der Waals surface area contributed by atoms with Crippen molar-refractivity contribution in [2.24, 2.45) is 0 Å². The van der Waals surface area contributed by atoms with E-state index in [-0.39, 0.29) is 51.0 Å². The van der Waals surface area contributed by atoms with Crippen LogP contribution >= 0.6 is 0 Å². The second-order valence-corrected chi connectivity index (χ2v) is 4.25. The van der Waals surface area contributed by atoms with Gasteiger partial charge < -0.3 is 35.4 Å². The largest absolute Gasteiger partial charge is 3.00 e. The van der Waals surface area contributed by atoms with Gasteiger partial charge in [0.15, 0.2) is 0 Å². The first kappa shape index (κ1) is 19.4. The minimum atomic E-state index is 0. The molecule has 3 aromatic carbocycles. The summed E-state index contributed by atoms with van der Waals surface area (Å²) in [5, 5.41) is 11.6. The maximum atomic E-state index is 3.17. The molecule has 5 heteroatoms. The van der Waals surface area contributed by atoms with Gasteiger partial charge in [-0.25, -0.2) is 0 Å². The Morgan fingerprint density at radius 2 is 1.15 bits per heavy atom. The summed E-state index contributed by atoms with van der Waals surface area (Å²) in [6, 6.07) is 15.2. The van der Waals surface area contributed by atoms with Crippen LogP contribution in [0.15, 0.2) is 42.5 Å². The first-order valence-corrected chi connectivity index (χ1v) is 5.80. The van der Waals surface area contributed by atoms with E-state index in [1.807, 2.05) is 14.1 Å². The molecule has 2 N–H and O–H groups in total. The molecular weight excluding hydrogens is 370 g/mol. The summed E-state index contributed by atoms with van der Waals surface area (Å²) in [4.78, 5) is 0. The molecule has 0 fully saturated rings. The monoisotopic (exact) mass is 383 g/mol. The van der Waals surface area contributed by atoms with Gasteiger partial charge in [-0.05, 0) is 11.4 Å². The van der Waals surface area contributed by atoms with E-state index in [2.05, 4.69) is 53.1 Å². The summed E-state index contributed by atoms with van der Waals surface area (Å²) in [6.07, 6.45) is 0. The standard InChI is InChI=1S/C15H15N2.2ClH.Zr/c1-16-12-3-5-14-10(8-12)7-11-9-13(17-2)4-6-15(11)14;;;/h3-9,16-17H,1-2H3;2*1H;/q-1;;;+3/p-2. The molecule has 2 nitrogen and oxygen atoms in total. The average molecular weight is 385 g/mol. The summed E-state index contributed by atoms with van der Waals surface area (Å²) in [5.74, 6) is 0. The normalized spacial score (nSPS) is 9.30. The molecule has 0 bridgehead atoms. The van der Waals surface area contributed by atoms with Gasteiger partial charge in [0, 0.05) is 14.1 Å². The maximum absolute atomic E-state index is 3.17. The minimum Gasteiger partial charge on any atom is -1.00 e. The van der Waals surface area contributed by atoms with Crippen molar-refractivity contribution in [2.45, 2.75) is 0 Å². The van der Waals surface area contributed by atoms with E-state index in [1.54, 1.807) is 0 Å². The van der Waals surface area contributed by atoms with Crippen molar-refractivity contribution in [3.05, 3.63) is 42.5 Å². The summed E-state index contributed by atoms with van der Waals surface area (Å²) in [5.41, 5.74) is 2.31.